The number of carbonyl (C=O) groups excluding carboxylic acids is 5. The molecular weight excluding hydrogens is 1920 g/mol. The summed E-state index contributed by atoms with van der Waals surface area (Å²) in [6, 6.07) is 64.6. The number of hydrogen-bond donors (Lipinski definition) is 7. The fraction of sp³-hybridized carbons (Fsp3) is 0.291. The molecule has 0 spiro atoms. The number of thioether (sulfide) groups is 2. The summed E-state index contributed by atoms with van der Waals surface area (Å²) < 4.78 is 79.8. The number of nitrogens with one attached hydrogen (secondary N) is 4. The summed E-state index contributed by atoms with van der Waals surface area (Å²) in [4.78, 5) is 70.2. The van der Waals surface area contributed by atoms with Gasteiger partial charge in [0.05, 0.1) is 59.4 Å². The second kappa shape index (κ2) is 54.2. The largest absolute Gasteiger partial charge is 0.508 e. The number of aliphatic hydroxyl groups is 1. The van der Waals surface area contributed by atoms with Crippen molar-refractivity contribution in [2.24, 2.45) is 5.92 Å². The number of benzene rings is 12. The second-order valence-corrected chi connectivity index (χ2v) is 39.8. The highest BCUT2D eigenvalue weighted by Crippen LogP contribution is 2.41. The van der Waals surface area contributed by atoms with Crippen LogP contribution in [-0.2, 0) is 42.2 Å². The smallest absolute Gasteiger partial charge is 0.416 e. The van der Waals surface area contributed by atoms with Crippen molar-refractivity contribution in [3.8, 4) is 29.1 Å². The molecule has 0 bridgehead atoms. The number of aliphatic hydroxyl groups excluding tert-OH is 1. The normalized spacial score (nSPS) is 11.4. The lowest BCUT2D eigenvalue weighted by atomic mass is 9.97. The molecule has 7 N–H and O–H groups in total. The van der Waals surface area contributed by atoms with Gasteiger partial charge in [0.1, 0.15) is 27.9 Å². The Labute approximate surface area is 849 Å². The number of ketones is 1. The summed E-state index contributed by atoms with van der Waals surface area (Å²) in [5.74, 6) is 1.78. The average Bonchev–Trinajstić information content (AvgIpc) is 1.59. The van der Waals surface area contributed by atoms with Crippen LogP contribution in [0.4, 0.5) is 41.6 Å². The Kier molecular flexibility index (Phi) is 44.0. The van der Waals surface area contributed by atoms with E-state index in [4.69, 9.17) is 61.1 Å². The summed E-state index contributed by atoms with van der Waals surface area (Å²) in [5.41, 5.74) is 15.0. The van der Waals surface area contributed by atoms with Gasteiger partial charge >= 0.3 is 6.18 Å². The minimum Gasteiger partial charge on any atom is -0.508 e. The number of aryl methyl sites for hydroxylation is 10. The number of halogens is 7. The Morgan fingerprint density at radius 1 is 0.536 bits per heavy atom. The zero-order valence-electron chi connectivity index (χ0n) is 81.7. The standard InChI is InChI=1S/C21H26ClNO2S.C21H20F3NO3.C20H22N2O.C18H23ClN2O3S2.C15H14ClNO2.C15H16ClNO/c1-5-25-20-7-6-8-21(26-12-11-23(3)4)17(20)14-19(24)16-9-10-18(22)15(2)13-16;1-12(2)9-10-28-17-6-4-5-15-18(17)20(27)25(19(15)26)14-8-7-13(3)16(11-14)21(22,23)24;1-4-5-8-16-9-6-7-14(2)19(16)20(23)22-18-11-10-17(13-21)15(3)12-18;1-13-11-15(7-8-16(13)19)20-26(23,24)18-14(12-22)5-4-6-17(18)25-10-9-21(2)3;1-9-4-3-5-13(18)14(9)15(19)17-11-6-7-12(16)10(2)8-11;1-10-4-3-5-15(18)13(10)9-17-12-6-7-14(16)11(2)8-12/h6-10,13H,5,11-12,14H2,1-4H3;4-8,11-12H,9-10H2,1-3H3;6-7,9-12H,4-5,8H2,1-3H3,(H,22,23);4-8,11,20,22H,9-10,12H2,1-3H3;3-8,18H,1-2H3,(H,17,19);3-8,17-18H,9H2,1-2H3. The van der Waals surface area contributed by atoms with Crippen LogP contribution < -0.4 is 35.0 Å². The van der Waals surface area contributed by atoms with Gasteiger partial charge in [0.15, 0.2) is 5.78 Å². The number of nitrogens with zero attached hydrogens (tertiary/aromatic N) is 4. The fourth-order valence-electron chi connectivity index (χ4n) is 14.4. The summed E-state index contributed by atoms with van der Waals surface area (Å²) >= 11 is 27.2. The molecule has 0 radical (unpaired) electrons. The van der Waals surface area contributed by atoms with Crippen molar-refractivity contribution in [3.63, 3.8) is 0 Å². The number of rotatable bonds is 32. The molecule has 12 aromatic carbocycles. The number of phenols is 2. The predicted octanol–water partition coefficient (Wildman–Crippen LogP) is 26.9. The molecule has 1 aliphatic heterocycles. The van der Waals surface area contributed by atoms with Crippen LogP contribution in [0.2, 0.25) is 20.1 Å². The lowest BCUT2D eigenvalue weighted by Crippen LogP contribution is -2.29. The van der Waals surface area contributed by atoms with E-state index < -0.39 is 33.6 Å². The summed E-state index contributed by atoms with van der Waals surface area (Å²) in [7, 11) is 4.20. The number of ether oxygens (including phenoxy) is 2. The Balaban J connectivity index is 0.000000207. The second-order valence-electron chi connectivity index (χ2n) is 34.2. The fourth-order valence-corrected chi connectivity index (χ4v) is 19.0. The maximum absolute atomic E-state index is 13.2. The molecule has 0 saturated heterocycles. The molecule has 0 aliphatic carbocycles. The minimum absolute atomic E-state index is 0.0190. The number of anilines is 5. The van der Waals surface area contributed by atoms with Gasteiger partial charge in [-0.2, -0.15) is 18.4 Å². The highest BCUT2D eigenvalue weighted by Gasteiger charge is 2.41. The van der Waals surface area contributed by atoms with Gasteiger partial charge in [0.25, 0.3) is 33.7 Å². The van der Waals surface area contributed by atoms with Gasteiger partial charge in [0, 0.05) is 112 Å². The number of unbranched alkanes of at least 4 members (excludes halogenated alkanes) is 1. The van der Waals surface area contributed by atoms with Crippen LogP contribution in [0.1, 0.15) is 182 Å². The van der Waals surface area contributed by atoms with E-state index in [2.05, 4.69) is 58.7 Å². The third-order valence-corrected chi connectivity index (χ3v) is 27.7. The van der Waals surface area contributed by atoms with Gasteiger partial charge in [0.2, 0.25) is 0 Å². The number of aromatic hydroxyl groups is 2. The molecule has 0 unspecified atom stereocenters. The average molecular weight is 2040 g/mol. The van der Waals surface area contributed by atoms with Crippen molar-refractivity contribution < 1.29 is 70.4 Å². The molecule has 0 atom stereocenters. The van der Waals surface area contributed by atoms with E-state index in [0.717, 1.165) is 155 Å². The molecule has 0 saturated carbocycles. The van der Waals surface area contributed by atoms with E-state index in [-0.39, 0.29) is 68.5 Å². The first kappa shape index (κ1) is 113. The lowest BCUT2D eigenvalue weighted by Gasteiger charge is -2.18. The zero-order chi connectivity index (χ0) is 103. The maximum Gasteiger partial charge on any atom is 0.416 e. The van der Waals surface area contributed by atoms with Crippen LogP contribution in [-0.4, -0.2) is 129 Å². The monoisotopic (exact) mass is 2040 g/mol. The van der Waals surface area contributed by atoms with Crippen LogP contribution in [0.5, 0.6) is 23.0 Å². The molecule has 12 aromatic rings. The number of amides is 4. The molecule has 0 aromatic heterocycles. The first-order valence-corrected chi connectivity index (χ1v) is 50.3. The first-order chi connectivity index (χ1) is 66.4. The van der Waals surface area contributed by atoms with Crippen molar-refractivity contribution in [2.45, 2.75) is 156 Å². The Morgan fingerprint density at radius 2 is 1.04 bits per heavy atom. The van der Waals surface area contributed by atoms with Crippen LogP contribution in [0.25, 0.3) is 0 Å². The Bertz CT molecular complexity index is 6500. The third kappa shape index (κ3) is 32.9. The summed E-state index contributed by atoms with van der Waals surface area (Å²) in [6.45, 7) is 27.7. The molecule has 30 heteroatoms. The van der Waals surface area contributed by atoms with Gasteiger partial charge in [-0.1, -0.05) is 146 Å². The molecule has 13 rings (SSSR count). The predicted molar refractivity (Wildman–Crippen MR) is 565 cm³/mol. The number of sulfonamides is 1. The minimum atomic E-state index is -4.58. The van der Waals surface area contributed by atoms with Crippen molar-refractivity contribution in [3.05, 3.63) is 350 Å². The van der Waals surface area contributed by atoms with Gasteiger partial charge in [-0.05, 0) is 329 Å². The van der Waals surface area contributed by atoms with Crippen molar-refractivity contribution >= 4 is 138 Å². The quantitative estimate of drug-likeness (QED) is 0.0117. The van der Waals surface area contributed by atoms with E-state index in [0.29, 0.717) is 85.9 Å². The molecule has 4 amide bonds. The number of fused-ring (bicyclic) bond motifs is 1. The lowest BCUT2D eigenvalue weighted by molar-refractivity contribution is -0.138. The molecule has 140 heavy (non-hydrogen) atoms. The SMILES string of the molecule is CCCCc1cccc(C)c1C(=O)Nc1ccc(C#N)c(C)c1.CCOc1cccc(SCCN(C)C)c1CC(=O)c1ccc(Cl)c(C)c1.Cc1cc(NC(=O)c2c(C)cccc2O)ccc1Cl.Cc1cc(NCc2c(C)cccc2O)ccc1Cl.Cc1cc(NS(=O)(=O)c2c(CO)cccc2SCCN(C)C)ccc1Cl.Cc1ccc(N2C(=O)c3cccc(OCCC(C)C)c3C2=O)cc1C(F)(F)F. The van der Waals surface area contributed by atoms with Crippen molar-refractivity contribution in [1.82, 2.24) is 9.80 Å². The molecule has 1 aliphatic rings. The van der Waals surface area contributed by atoms with E-state index in [1.807, 2.05) is 161 Å². The molecular formula is C110H121Cl4F3N8O12S3. The topological polar surface area (TPSA) is 280 Å². The van der Waals surface area contributed by atoms with Crippen molar-refractivity contribution in [1.29, 1.82) is 5.26 Å². The summed E-state index contributed by atoms with van der Waals surface area (Å²) in [5, 5.41) is 49.9. The Hall–Kier alpha value is -11.8. The van der Waals surface area contributed by atoms with E-state index in [9.17, 15) is 60.9 Å². The van der Waals surface area contributed by atoms with E-state index >= 15 is 0 Å². The number of nitriles is 1. The van der Waals surface area contributed by atoms with E-state index in [1.54, 1.807) is 128 Å². The highest BCUT2D eigenvalue weighted by atomic mass is 35.5. The van der Waals surface area contributed by atoms with Crippen LogP contribution in [0.3, 0.4) is 0 Å². The third-order valence-electron chi connectivity index (χ3n) is 22.2. The summed E-state index contributed by atoms with van der Waals surface area (Å²) in [6.07, 6.45) is -0.412. The number of alkyl halides is 3. The van der Waals surface area contributed by atoms with E-state index in [1.165, 1.54) is 43.0 Å². The van der Waals surface area contributed by atoms with Crippen LogP contribution in [0, 0.1) is 79.6 Å². The zero-order valence-corrected chi connectivity index (χ0v) is 87.2. The van der Waals surface area contributed by atoms with Crippen LogP contribution in [0.15, 0.2) is 233 Å². The van der Waals surface area contributed by atoms with Gasteiger partial charge < -0.3 is 50.5 Å². The van der Waals surface area contributed by atoms with Gasteiger partial charge in [-0.3, -0.25) is 28.7 Å². The number of hydrogen-bond acceptors (Lipinski definition) is 18. The highest BCUT2D eigenvalue weighted by molar-refractivity contribution is 8.00. The Morgan fingerprint density at radius 3 is 1.61 bits per heavy atom. The van der Waals surface area contributed by atoms with Crippen molar-refractivity contribution in [2.75, 3.05) is 91.6 Å². The maximum atomic E-state index is 13.2. The molecule has 740 valence electrons. The first-order valence-electron chi connectivity index (χ1n) is 45.4. The number of imide groups is 1. The number of phenolic OH excluding ortho intramolecular Hbond substituents is 2. The van der Waals surface area contributed by atoms with Gasteiger partial charge in [-0.25, -0.2) is 13.3 Å². The number of carbonyl (C=O) groups is 5. The van der Waals surface area contributed by atoms with Crippen LogP contribution >= 0.6 is 69.9 Å². The van der Waals surface area contributed by atoms with Gasteiger partial charge in [-0.15, -0.1) is 23.5 Å². The number of Topliss-reactive ketones (excluding diaryl/α,β-unsaturated/α-hetero) is 1. The molecule has 0 fully saturated rings. The molecule has 20 nitrogen and oxygen atoms in total. The molecule has 1 heterocycles.